The zero-order valence-corrected chi connectivity index (χ0v) is 20.4. The molecule has 9 unspecified atom stereocenters. The molecule has 4 rings (SSSR count). The Morgan fingerprint density at radius 2 is 1.84 bits per heavy atom. The standard InChI is InChI=1S/C27H44O5/c1-16(9-14-27(31,32)17(2)24(29)30)21-7-8-22-20-6-5-18-15-19(28)10-12-25(18,3)23(20)11-13-26(21,22)4/h5,16-17,19-23,28,31-32H,6-15H2,1-4H3,(H,29,30). The maximum absolute atomic E-state index is 11.2. The van der Waals surface area contributed by atoms with Crippen molar-refractivity contribution >= 4 is 5.97 Å². The number of aliphatic hydroxyl groups excluding tert-OH is 1. The molecule has 3 saturated carbocycles. The SMILES string of the molecule is CC(CCC(O)(O)C(C)C(=O)O)C1CCC2C3CC=C4CC(O)CCC4(C)C3CCC12C. The van der Waals surface area contributed by atoms with E-state index in [4.69, 9.17) is 0 Å². The predicted molar refractivity (Wildman–Crippen MR) is 124 cm³/mol. The first-order valence-electron chi connectivity index (χ1n) is 13.0. The van der Waals surface area contributed by atoms with Crippen LogP contribution in [0.5, 0.6) is 0 Å². The van der Waals surface area contributed by atoms with Gasteiger partial charge in [-0.1, -0.05) is 32.4 Å². The summed E-state index contributed by atoms with van der Waals surface area (Å²) in [6.45, 7) is 8.55. The van der Waals surface area contributed by atoms with Gasteiger partial charge in [-0.3, -0.25) is 4.79 Å². The lowest BCUT2D eigenvalue weighted by molar-refractivity contribution is -0.211. The quantitative estimate of drug-likeness (QED) is 0.347. The lowest BCUT2D eigenvalue weighted by Crippen LogP contribution is -2.51. The molecule has 0 spiro atoms. The summed E-state index contributed by atoms with van der Waals surface area (Å²) < 4.78 is 0. The number of carbonyl (C=O) groups is 1. The van der Waals surface area contributed by atoms with Crippen LogP contribution in [0.4, 0.5) is 0 Å². The second-order valence-electron chi connectivity index (χ2n) is 12.3. The summed E-state index contributed by atoms with van der Waals surface area (Å²) >= 11 is 0. The average Bonchev–Trinajstić information content (AvgIpc) is 3.09. The minimum atomic E-state index is -2.15. The van der Waals surface area contributed by atoms with Gasteiger partial charge in [0.15, 0.2) is 5.79 Å². The van der Waals surface area contributed by atoms with Crippen molar-refractivity contribution in [2.24, 2.45) is 46.3 Å². The normalized spacial score (nSPS) is 43.5. The van der Waals surface area contributed by atoms with Gasteiger partial charge in [0.1, 0.15) is 5.92 Å². The molecule has 0 aliphatic heterocycles. The largest absolute Gasteiger partial charge is 0.481 e. The number of fused-ring (bicyclic) bond motifs is 5. The minimum absolute atomic E-state index is 0.109. The molecule has 0 aromatic heterocycles. The number of aliphatic carboxylic acids is 1. The van der Waals surface area contributed by atoms with Crippen LogP contribution in [-0.2, 0) is 4.79 Å². The van der Waals surface area contributed by atoms with Gasteiger partial charge in [0.25, 0.3) is 0 Å². The highest BCUT2D eigenvalue weighted by Crippen LogP contribution is 2.67. The van der Waals surface area contributed by atoms with Gasteiger partial charge in [-0.2, -0.15) is 0 Å². The van der Waals surface area contributed by atoms with Gasteiger partial charge in [0.2, 0.25) is 0 Å². The molecule has 3 fully saturated rings. The lowest BCUT2D eigenvalue weighted by atomic mass is 9.47. The van der Waals surface area contributed by atoms with Crippen molar-refractivity contribution in [2.75, 3.05) is 0 Å². The first-order valence-corrected chi connectivity index (χ1v) is 13.0. The van der Waals surface area contributed by atoms with Crippen molar-refractivity contribution in [3.8, 4) is 0 Å². The highest BCUT2D eigenvalue weighted by Gasteiger charge is 2.59. The fourth-order valence-electron chi connectivity index (χ4n) is 8.67. The zero-order valence-electron chi connectivity index (χ0n) is 20.4. The molecular formula is C27H44O5. The van der Waals surface area contributed by atoms with Crippen molar-refractivity contribution in [1.29, 1.82) is 0 Å². The lowest BCUT2D eigenvalue weighted by Gasteiger charge is -2.58. The van der Waals surface area contributed by atoms with E-state index in [0.717, 1.165) is 37.5 Å². The first-order chi connectivity index (χ1) is 14.9. The number of carboxylic acid groups (broad SMARTS) is 1. The van der Waals surface area contributed by atoms with E-state index in [1.165, 1.54) is 38.2 Å². The molecule has 0 saturated heterocycles. The van der Waals surface area contributed by atoms with Crippen LogP contribution in [0.2, 0.25) is 0 Å². The summed E-state index contributed by atoms with van der Waals surface area (Å²) in [5.41, 5.74) is 2.05. The average molecular weight is 449 g/mol. The molecule has 0 aromatic rings. The summed E-state index contributed by atoms with van der Waals surface area (Å²) in [5, 5.41) is 40.0. The van der Waals surface area contributed by atoms with Crippen molar-refractivity contribution in [1.82, 2.24) is 0 Å². The zero-order chi connectivity index (χ0) is 23.5. The number of hydrogen-bond acceptors (Lipinski definition) is 4. The Labute approximate surface area is 193 Å². The fraction of sp³-hybridized carbons (Fsp3) is 0.889. The Bertz CT molecular complexity index is 759. The summed E-state index contributed by atoms with van der Waals surface area (Å²) in [6, 6.07) is 0. The van der Waals surface area contributed by atoms with E-state index in [-0.39, 0.29) is 23.4 Å². The highest BCUT2D eigenvalue weighted by molar-refractivity contribution is 5.70. The van der Waals surface area contributed by atoms with Crippen molar-refractivity contribution in [3.05, 3.63) is 11.6 Å². The van der Waals surface area contributed by atoms with Gasteiger partial charge in [0, 0.05) is 6.42 Å². The molecule has 4 N–H and O–H groups in total. The molecular weight excluding hydrogens is 404 g/mol. The van der Waals surface area contributed by atoms with E-state index in [0.29, 0.717) is 24.2 Å². The van der Waals surface area contributed by atoms with E-state index in [9.17, 15) is 25.2 Å². The molecule has 4 aliphatic carbocycles. The van der Waals surface area contributed by atoms with E-state index in [1.54, 1.807) is 0 Å². The van der Waals surface area contributed by atoms with Crippen LogP contribution in [0.15, 0.2) is 11.6 Å². The van der Waals surface area contributed by atoms with Crippen molar-refractivity contribution in [2.45, 2.75) is 104 Å². The minimum Gasteiger partial charge on any atom is -0.481 e. The van der Waals surface area contributed by atoms with Gasteiger partial charge in [0.05, 0.1) is 6.10 Å². The summed E-state index contributed by atoms with van der Waals surface area (Å²) in [5.74, 6) is -1.45. The predicted octanol–water partition coefficient (Wildman–Crippen LogP) is 4.74. The van der Waals surface area contributed by atoms with E-state index < -0.39 is 17.7 Å². The fourth-order valence-corrected chi connectivity index (χ4v) is 8.67. The molecule has 0 radical (unpaired) electrons. The second-order valence-corrected chi connectivity index (χ2v) is 12.3. The Morgan fingerprint density at radius 1 is 1.12 bits per heavy atom. The van der Waals surface area contributed by atoms with E-state index >= 15 is 0 Å². The topological polar surface area (TPSA) is 98.0 Å². The number of allylic oxidation sites excluding steroid dienone is 1. The third-order valence-electron chi connectivity index (χ3n) is 10.9. The number of hydrogen-bond donors (Lipinski definition) is 4. The maximum atomic E-state index is 11.2. The smallest absolute Gasteiger partial charge is 0.311 e. The molecule has 9 atom stereocenters. The molecule has 0 heterocycles. The molecule has 0 bridgehead atoms. The van der Waals surface area contributed by atoms with E-state index in [2.05, 4.69) is 26.8 Å². The second kappa shape index (κ2) is 8.39. The Morgan fingerprint density at radius 3 is 2.53 bits per heavy atom. The molecule has 5 nitrogen and oxygen atoms in total. The van der Waals surface area contributed by atoms with Crippen molar-refractivity contribution in [3.63, 3.8) is 0 Å². The van der Waals surface area contributed by atoms with Gasteiger partial charge in [-0.15, -0.1) is 0 Å². The Balaban J connectivity index is 1.46. The molecule has 4 aliphatic rings. The summed E-state index contributed by atoms with van der Waals surface area (Å²) in [4.78, 5) is 11.2. The van der Waals surface area contributed by atoms with E-state index in [1.807, 2.05) is 0 Å². The van der Waals surface area contributed by atoms with Crippen LogP contribution in [-0.4, -0.2) is 38.3 Å². The van der Waals surface area contributed by atoms with Crippen molar-refractivity contribution < 1.29 is 25.2 Å². The van der Waals surface area contributed by atoms with Crippen LogP contribution >= 0.6 is 0 Å². The molecule has 5 heteroatoms. The van der Waals surface area contributed by atoms with Crippen LogP contribution in [0.25, 0.3) is 0 Å². The third kappa shape index (κ3) is 3.86. The Hall–Kier alpha value is -0.910. The van der Waals surface area contributed by atoms with Crippen LogP contribution in [0, 0.1) is 46.3 Å². The molecule has 32 heavy (non-hydrogen) atoms. The number of rotatable bonds is 6. The summed E-state index contributed by atoms with van der Waals surface area (Å²) in [6.07, 6.45) is 12.0. The number of aliphatic hydroxyl groups is 3. The monoisotopic (exact) mass is 448 g/mol. The highest BCUT2D eigenvalue weighted by atomic mass is 16.5. The van der Waals surface area contributed by atoms with Gasteiger partial charge < -0.3 is 20.4 Å². The van der Waals surface area contributed by atoms with Crippen LogP contribution in [0.3, 0.4) is 0 Å². The van der Waals surface area contributed by atoms with Gasteiger partial charge in [-0.05, 0) is 105 Å². The number of carboxylic acids is 1. The van der Waals surface area contributed by atoms with Gasteiger partial charge in [-0.25, -0.2) is 0 Å². The third-order valence-corrected chi connectivity index (χ3v) is 10.9. The summed E-state index contributed by atoms with van der Waals surface area (Å²) in [7, 11) is 0. The van der Waals surface area contributed by atoms with Crippen LogP contribution < -0.4 is 0 Å². The first kappa shape index (κ1) is 24.2. The van der Waals surface area contributed by atoms with Crippen LogP contribution in [0.1, 0.15) is 91.9 Å². The molecule has 0 amide bonds. The maximum Gasteiger partial charge on any atom is 0.311 e. The van der Waals surface area contributed by atoms with Gasteiger partial charge >= 0.3 is 5.97 Å². The molecule has 0 aromatic carbocycles. The Kier molecular flexibility index (Phi) is 6.35. The molecule has 182 valence electrons.